The number of amides is 1. The summed E-state index contributed by atoms with van der Waals surface area (Å²) in [5.74, 6) is 2.22. The zero-order chi connectivity index (χ0) is 14.4. The Hall–Kier alpha value is -0.130. The molecule has 1 aliphatic heterocycles. The van der Waals surface area contributed by atoms with Crippen LogP contribution in [0, 0.1) is 0 Å². The average Bonchev–Trinajstić information content (AvgIpc) is 2.44. The van der Waals surface area contributed by atoms with Gasteiger partial charge in [-0.05, 0) is 18.1 Å². The molecule has 1 unspecified atom stereocenters. The fourth-order valence-electron chi connectivity index (χ4n) is 2.12. The first-order chi connectivity index (χ1) is 9.66. The third-order valence-corrected chi connectivity index (χ3v) is 5.17. The van der Waals surface area contributed by atoms with Crippen molar-refractivity contribution in [3.63, 3.8) is 0 Å². The molecule has 0 aromatic heterocycles. The average molecular weight is 370 g/mol. The van der Waals surface area contributed by atoms with Crippen LogP contribution in [0.3, 0.4) is 0 Å². The lowest BCUT2D eigenvalue weighted by atomic mass is 10.1. The van der Waals surface area contributed by atoms with Gasteiger partial charge in [-0.2, -0.15) is 11.8 Å². The van der Waals surface area contributed by atoms with E-state index in [4.69, 9.17) is 23.2 Å². The van der Waals surface area contributed by atoms with Gasteiger partial charge in [-0.25, -0.2) is 0 Å². The smallest absolute Gasteiger partial charge is 0.221 e. The first-order valence-electron chi connectivity index (χ1n) is 6.67. The summed E-state index contributed by atoms with van der Waals surface area (Å²) in [5, 5.41) is 7.42. The number of carbonyl (C=O) groups is 1. The van der Waals surface area contributed by atoms with Crippen molar-refractivity contribution >= 4 is 53.3 Å². The van der Waals surface area contributed by atoms with Gasteiger partial charge in [-0.15, -0.1) is 12.4 Å². The minimum absolute atomic E-state index is 0. The molecule has 0 radical (unpaired) electrons. The van der Waals surface area contributed by atoms with Crippen molar-refractivity contribution in [2.45, 2.75) is 18.9 Å². The molecule has 1 aromatic carbocycles. The van der Waals surface area contributed by atoms with Crippen LogP contribution < -0.4 is 10.6 Å². The maximum atomic E-state index is 11.8. The Bertz CT molecular complexity index is 468. The molecule has 0 bridgehead atoms. The molecule has 0 aliphatic carbocycles. The SMILES string of the molecule is Cl.O=C(CC1CSCCN1)NCCc1cccc(Cl)c1Cl. The van der Waals surface area contributed by atoms with E-state index in [0.29, 0.717) is 35.5 Å². The van der Waals surface area contributed by atoms with E-state index in [0.717, 1.165) is 23.6 Å². The van der Waals surface area contributed by atoms with Gasteiger partial charge in [-0.3, -0.25) is 4.79 Å². The Morgan fingerprint density at radius 1 is 1.43 bits per heavy atom. The molecule has 1 heterocycles. The molecule has 1 aliphatic rings. The van der Waals surface area contributed by atoms with Crippen molar-refractivity contribution < 1.29 is 4.79 Å². The van der Waals surface area contributed by atoms with Crippen LogP contribution in [0.5, 0.6) is 0 Å². The Morgan fingerprint density at radius 2 is 2.24 bits per heavy atom. The van der Waals surface area contributed by atoms with Gasteiger partial charge in [0.05, 0.1) is 10.0 Å². The molecular weight excluding hydrogens is 351 g/mol. The minimum atomic E-state index is 0. The lowest BCUT2D eigenvalue weighted by Crippen LogP contribution is -2.41. The number of rotatable bonds is 5. The number of benzene rings is 1. The number of thioether (sulfide) groups is 1. The second kappa shape index (κ2) is 9.80. The van der Waals surface area contributed by atoms with Crippen LogP contribution in [0.1, 0.15) is 12.0 Å². The topological polar surface area (TPSA) is 41.1 Å². The fraction of sp³-hybridized carbons (Fsp3) is 0.500. The Morgan fingerprint density at radius 3 is 2.95 bits per heavy atom. The molecule has 1 amide bonds. The lowest BCUT2D eigenvalue weighted by molar-refractivity contribution is -0.121. The zero-order valence-corrected chi connectivity index (χ0v) is 14.7. The zero-order valence-electron chi connectivity index (χ0n) is 11.5. The second-order valence-corrected chi connectivity index (χ2v) is 6.68. The van der Waals surface area contributed by atoms with Crippen LogP contribution in [-0.4, -0.2) is 36.5 Å². The Labute approximate surface area is 145 Å². The maximum Gasteiger partial charge on any atom is 0.221 e. The minimum Gasteiger partial charge on any atom is -0.356 e. The number of carbonyl (C=O) groups excluding carboxylic acids is 1. The molecule has 1 fully saturated rings. The Kier molecular flexibility index (Phi) is 8.83. The molecule has 1 atom stereocenters. The summed E-state index contributed by atoms with van der Waals surface area (Å²) in [4.78, 5) is 11.8. The van der Waals surface area contributed by atoms with Gasteiger partial charge in [0.25, 0.3) is 0 Å². The van der Waals surface area contributed by atoms with E-state index >= 15 is 0 Å². The van der Waals surface area contributed by atoms with E-state index in [1.807, 2.05) is 23.9 Å². The normalized spacial score (nSPS) is 17.9. The van der Waals surface area contributed by atoms with Crippen molar-refractivity contribution in [3.05, 3.63) is 33.8 Å². The Balaban J connectivity index is 0.00000220. The van der Waals surface area contributed by atoms with Crippen LogP contribution in [0.4, 0.5) is 0 Å². The fourth-order valence-corrected chi connectivity index (χ4v) is 3.49. The first-order valence-corrected chi connectivity index (χ1v) is 8.58. The largest absolute Gasteiger partial charge is 0.356 e. The second-order valence-electron chi connectivity index (χ2n) is 4.74. The van der Waals surface area contributed by atoms with Gasteiger partial charge in [0.2, 0.25) is 5.91 Å². The van der Waals surface area contributed by atoms with E-state index in [9.17, 15) is 4.79 Å². The third kappa shape index (κ3) is 6.25. The van der Waals surface area contributed by atoms with Crippen molar-refractivity contribution in [3.8, 4) is 0 Å². The monoisotopic (exact) mass is 368 g/mol. The van der Waals surface area contributed by atoms with Gasteiger partial charge >= 0.3 is 0 Å². The van der Waals surface area contributed by atoms with Crippen LogP contribution in [0.25, 0.3) is 0 Å². The van der Waals surface area contributed by atoms with Crippen molar-refractivity contribution in [2.24, 2.45) is 0 Å². The molecule has 2 rings (SSSR count). The highest BCUT2D eigenvalue weighted by Gasteiger charge is 2.16. The van der Waals surface area contributed by atoms with Gasteiger partial charge in [0.1, 0.15) is 0 Å². The van der Waals surface area contributed by atoms with E-state index < -0.39 is 0 Å². The van der Waals surface area contributed by atoms with E-state index in [-0.39, 0.29) is 18.3 Å². The standard InChI is InChI=1S/C14H18Cl2N2OS.ClH/c15-12-3-1-2-10(14(12)16)4-5-18-13(19)8-11-9-20-7-6-17-11;/h1-3,11,17H,4-9H2,(H,18,19);1H. The third-order valence-electron chi connectivity index (χ3n) is 3.18. The molecule has 3 nitrogen and oxygen atoms in total. The van der Waals surface area contributed by atoms with Gasteiger partial charge < -0.3 is 10.6 Å². The highest BCUT2D eigenvalue weighted by Crippen LogP contribution is 2.25. The summed E-state index contributed by atoms with van der Waals surface area (Å²) in [6.07, 6.45) is 1.23. The lowest BCUT2D eigenvalue weighted by Gasteiger charge is -2.22. The van der Waals surface area contributed by atoms with E-state index in [1.165, 1.54) is 0 Å². The number of nitrogens with one attached hydrogen (secondary N) is 2. The number of hydrogen-bond donors (Lipinski definition) is 2. The van der Waals surface area contributed by atoms with Crippen LogP contribution in [0.15, 0.2) is 18.2 Å². The summed E-state index contributed by atoms with van der Waals surface area (Å²) in [5.41, 5.74) is 0.964. The first kappa shape index (κ1) is 18.9. The van der Waals surface area contributed by atoms with Crippen LogP contribution in [0.2, 0.25) is 10.0 Å². The van der Waals surface area contributed by atoms with Crippen molar-refractivity contribution in [1.82, 2.24) is 10.6 Å². The van der Waals surface area contributed by atoms with Gasteiger partial charge in [0, 0.05) is 37.1 Å². The molecule has 0 spiro atoms. The summed E-state index contributed by atoms with van der Waals surface area (Å²) >= 11 is 14.0. The molecule has 118 valence electrons. The molecule has 0 saturated carbocycles. The molecule has 7 heteroatoms. The summed E-state index contributed by atoms with van der Waals surface area (Å²) < 4.78 is 0. The molecule has 21 heavy (non-hydrogen) atoms. The molecule has 1 aromatic rings. The van der Waals surface area contributed by atoms with Gasteiger partial charge in [-0.1, -0.05) is 35.3 Å². The summed E-state index contributed by atoms with van der Waals surface area (Å²) in [6, 6.07) is 5.86. The quantitative estimate of drug-likeness (QED) is 0.837. The van der Waals surface area contributed by atoms with Crippen molar-refractivity contribution in [2.75, 3.05) is 24.6 Å². The summed E-state index contributed by atoms with van der Waals surface area (Å²) in [6.45, 7) is 1.57. The highest BCUT2D eigenvalue weighted by molar-refractivity contribution is 7.99. The van der Waals surface area contributed by atoms with Gasteiger partial charge in [0.15, 0.2) is 0 Å². The van der Waals surface area contributed by atoms with E-state index in [1.54, 1.807) is 6.07 Å². The number of halogens is 3. The molecule has 2 N–H and O–H groups in total. The molecule has 1 saturated heterocycles. The summed E-state index contributed by atoms with van der Waals surface area (Å²) in [7, 11) is 0. The van der Waals surface area contributed by atoms with Crippen molar-refractivity contribution in [1.29, 1.82) is 0 Å². The van der Waals surface area contributed by atoms with E-state index in [2.05, 4.69) is 10.6 Å². The highest BCUT2D eigenvalue weighted by atomic mass is 35.5. The molecular formula is C14H19Cl3N2OS. The maximum absolute atomic E-state index is 11.8. The van der Waals surface area contributed by atoms with Crippen LogP contribution >= 0.6 is 47.4 Å². The predicted octanol–water partition coefficient (Wildman–Crippen LogP) is 3.17. The predicted molar refractivity (Wildman–Crippen MR) is 94.2 cm³/mol. The number of hydrogen-bond acceptors (Lipinski definition) is 3. The van der Waals surface area contributed by atoms with Crippen LogP contribution in [-0.2, 0) is 11.2 Å².